The molecule has 0 fully saturated rings. The standard InChI is InChI=1S/C25H27N3O4/c1-28(22-8-4-3-5-9-22)25(30)19-11-13-20(14-12-19)26-18-24(29)27-21-7-6-10-23(17-21)32-16-15-31-2/h3-14,17,26H,15-16,18H2,1-2H3,(H,27,29). The molecule has 0 unspecified atom stereocenters. The zero-order valence-electron chi connectivity index (χ0n) is 18.2. The lowest BCUT2D eigenvalue weighted by Gasteiger charge is -2.17. The Bertz CT molecular complexity index is 1020. The Kier molecular flexibility index (Phi) is 8.22. The average Bonchev–Trinajstić information content (AvgIpc) is 2.83. The molecule has 32 heavy (non-hydrogen) atoms. The van der Waals surface area contributed by atoms with Gasteiger partial charge in [0.05, 0.1) is 13.2 Å². The number of amides is 2. The molecule has 3 rings (SSSR count). The van der Waals surface area contributed by atoms with Crippen LogP contribution in [0.4, 0.5) is 17.1 Å². The van der Waals surface area contributed by atoms with Gasteiger partial charge in [-0.1, -0.05) is 24.3 Å². The van der Waals surface area contributed by atoms with Gasteiger partial charge in [0, 0.05) is 42.8 Å². The summed E-state index contributed by atoms with van der Waals surface area (Å²) in [5.74, 6) is 0.365. The highest BCUT2D eigenvalue weighted by atomic mass is 16.5. The fraction of sp³-hybridized carbons (Fsp3) is 0.200. The molecule has 0 saturated heterocycles. The van der Waals surface area contributed by atoms with E-state index >= 15 is 0 Å². The molecule has 7 nitrogen and oxygen atoms in total. The van der Waals surface area contributed by atoms with Gasteiger partial charge >= 0.3 is 0 Å². The smallest absolute Gasteiger partial charge is 0.258 e. The Morgan fingerprint density at radius 2 is 1.62 bits per heavy atom. The van der Waals surface area contributed by atoms with E-state index in [4.69, 9.17) is 9.47 Å². The van der Waals surface area contributed by atoms with Gasteiger partial charge in [-0.05, 0) is 48.5 Å². The van der Waals surface area contributed by atoms with Crippen molar-refractivity contribution in [3.05, 3.63) is 84.4 Å². The molecule has 0 atom stereocenters. The Morgan fingerprint density at radius 3 is 2.34 bits per heavy atom. The van der Waals surface area contributed by atoms with Crippen LogP contribution in [0.3, 0.4) is 0 Å². The molecule has 3 aromatic carbocycles. The van der Waals surface area contributed by atoms with E-state index in [0.29, 0.717) is 30.2 Å². The number of nitrogens with one attached hydrogen (secondary N) is 2. The lowest BCUT2D eigenvalue weighted by Crippen LogP contribution is -2.26. The number of rotatable bonds is 10. The van der Waals surface area contributed by atoms with Gasteiger partial charge in [-0.15, -0.1) is 0 Å². The molecule has 2 amide bonds. The molecule has 0 aromatic heterocycles. The van der Waals surface area contributed by atoms with E-state index in [-0.39, 0.29) is 18.4 Å². The Balaban J connectivity index is 1.50. The van der Waals surface area contributed by atoms with Gasteiger partial charge in [0.1, 0.15) is 12.4 Å². The van der Waals surface area contributed by atoms with E-state index < -0.39 is 0 Å². The average molecular weight is 434 g/mol. The SMILES string of the molecule is COCCOc1cccc(NC(=O)CNc2ccc(C(=O)N(C)c3ccccc3)cc2)c1. The second kappa shape index (κ2) is 11.5. The van der Waals surface area contributed by atoms with Crippen LogP contribution in [0.5, 0.6) is 5.75 Å². The van der Waals surface area contributed by atoms with Gasteiger partial charge < -0.3 is 25.0 Å². The highest BCUT2D eigenvalue weighted by molar-refractivity contribution is 6.05. The van der Waals surface area contributed by atoms with Gasteiger partial charge in [0.2, 0.25) is 5.91 Å². The predicted octanol–water partition coefficient (Wildman–Crippen LogP) is 4.04. The molecule has 0 aliphatic heterocycles. The summed E-state index contributed by atoms with van der Waals surface area (Å²) in [6.45, 7) is 1.02. The first-order chi connectivity index (χ1) is 15.6. The van der Waals surface area contributed by atoms with Gasteiger partial charge in [-0.3, -0.25) is 9.59 Å². The van der Waals surface area contributed by atoms with Crippen molar-refractivity contribution >= 4 is 28.9 Å². The predicted molar refractivity (Wildman–Crippen MR) is 127 cm³/mol. The monoisotopic (exact) mass is 433 g/mol. The molecule has 0 saturated carbocycles. The highest BCUT2D eigenvalue weighted by Crippen LogP contribution is 2.18. The number of hydrogen-bond acceptors (Lipinski definition) is 5. The molecule has 7 heteroatoms. The zero-order valence-corrected chi connectivity index (χ0v) is 18.2. The van der Waals surface area contributed by atoms with Gasteiger partial charge in [-0.2, -0.15) is 0 Å². The summed E-state index contributed by atoms with van der Waals surface area (Å²) in [5, 5.41) is 5.90. The van der Waals surface area contributed by atoms with Crippen molar-refractivity contribution in [2.75, 3.05) is 49.4 Å². The van der Waals surface area contributed by atoms with Crippen molar-refractivity contribution in [3.8, 4) is 5.75 Å². The van der Waals surface area contributed by atoms with Crippen LogP contribution in [0.1, 0.15) is 10.4 Å². The summed E-state index contributed by atoms with van der Waals surface area (Å²) in [6.07, 6.45) is 0. The minimum atomic E-state index is -0.192. The van der Waals surface area contributed by atoms with Crippen LogP contribution < -0.4 is 20.3 Å². The quantitative estimate of drug-likeness (QED) is 0.472. The van der Waals surface area contributed by atoms with Crippen LogP contribution in [0.2, 0.25) is 0 Å². The molecule has 0 aliphatic rings. The normalized spacial score (nSPS) is 10.3. The van der Waals surface area contributed by atoms with Crippen molar-refractivity contribution < 1.29 is 19.1 Å². The van der Waals surface area contributed by atoms with Crippen molar-refractivity contribution in [1.82, 2.24) is 0 Å². The maximum atomic E-state index is 12.7. The van der Waals surface area contributed by atoms with Crippen LogP contribution in [0.15, 0.2) is 78.9 Å². The molecule has 3 aromatic rings. The fourth-order valence-corrected chi connectivity index (χ4v) is 2.99. The third-order valence-corrected chi connectivity index (χ3v) is 4.71. The van der Waals surface area contributed by atoms with Crippen LogP contribution in [-0.2, 0) is 9.53 Å². The molecule has 0 bridgehead atoms. The van der Waals surface area contributed by atoms with Crippen LogP contribution in [-0.4, -0.2) is 45.7 Å². The van der Waals surface area contributed by atoms with Crippen molar-refractivity contribution in [1.29, 1.82) is 0 Å². The summed E-state index contributed by atoms with van der Waals surface area (Å²) in [6, 6.07) is 23.7. The maximum absolute atomic E-state index is 12.7. The molecule has 0 aliphatic carbocycles. The largest absolute Gasteiger partial charge is 0.491 e. The number of nitrogens with zero attached hydrogens (tertiary/aromatic N) is 1. The Labute approximate surface area is 188 Å². The maximum Gasteiger partial charge on any atom is 0.258 e. The van der Waals surface area contributed by atoms with Gasteiger partial charge in [-0.25, -0.2) is 0 Å². The molecule has 2 N–H and O–H groups in total. The first-order valence-corrected chi connectivity index (χ1v) is 10.3. The minimum absolute atomic E-state index is 0.0893. The van der Waals surface area contributed by atoms with E-state index in [9.17, 15) is 9.59 Å². The second-order valence-electron chi connectivity index (χ2n) is 7.05. The molecule has 0 heterocycles. The number of benzene rings is 3. The van der Waals surface area contributed by atoms with Crippen molar-refractivity contribution in [2.24, 2.45) is 0 Å². The molecular weight excluding hydrogens is 406 g/mol. The van der Waals surface area contributed by atoms with E-state index in [2.05, 4.69) is 10.6 Å². The first-order valence-electron chi connectivity index (χ1n) is 10.3. The molecular formula is C25H27N3O4. The number of ether oxygens (including phenoxy) is 2. The lowest BCUT2D eigenvalue weighted by atomic mass is 10.1. The summed E-state index contributed by atoms with van der Waals surface area (Å²) in [7, 11) is 3.35. The van der Waals surface area contributed by atoms with Crippen molar-refractivity contribution in [3.63, 3.8) is 0 Å². The number of methoxy groups -OCH3 is 1. The van der Waals surface area contributed by atoms with E-state index in [0.717, 1.165) is 11.4 Å². The van der Waals surface area contributed by atoms with Crippen LogP contribution in [0, 0.1) is 0 Å². The number of hydrogen-bond donors (Lipinski definition) is 2. The second-order valence-corrected chi connectivity index (χ2v) is 7.05. The van der Waals surface area contributed by atoms with Crippen molar-refractivity contribution in [2.45, 2.75) is 0 Å². The number of para-hydroxylation sites is 1. The summed E-state index contributed by atoms with van der Waals surface area (Å²) < 4.78 is 10.5. The molecule has 166 valence electrons. The lowest BCUT2D eigenvalue weighted by molar-refractivity contribution is -0.114. The topological polar surface area (TPSA) is 79.9 Å². The Hall–Kier alpha value is -3.84. The molecule has 0 radical (unpaired) electrons. The first kappa shape index (κ1) is 22.8. The van der Waals surface area contributed by atoms with Crippen LogP contribution in [0.25, 0.3) is 0 Å². The number of carbonyl (C=O) groups is 2. The summed E-state index contributed by atoms with van der Waals surface area (Å²) in [4.78, 5) is 26.5. The summed E-state index contributed by atoms with van der Waals surface area (Å²) in [5.41, 5.74) is 2.79. The number of anilines is 3. The summed E-state index contributed by atoms with van der Waals surface area (Å²) >= 11 is 0. The van der Waals surface area contributed by atoms with E-state index in [1.54, 1.807) is 55.5 Å². The third-order valence-electron chi connectivity index (χ3n) is 4.71. The number of carbonyl (C=O) groups excluding carboxylic acids is 2. The fourth-order valence-electron chi connectivity index (χ4n) is 2.99. The van der Waals surface area contributed by atoms with E-state index in [1.165, 1.54) is 0 Å². The zero-order chi connectivity index (χ0) is 22.8. The highest BCUT2D eigenvalue weighted by Gasteiger charge is 2.13. The third kappa shape index (κ3) is 6.58. The van der Waals surface area contributed by atoms with Crippen LogP contribution >= 0.6 is 0 Å². The van der Waals surface area contributed by atoms with E-state index in [1.807, 2.05) is 42.5 Å². The Morgan fingerprint density at radius 1 is 0.875 bits per heavy atom. The van der Waals surface area contributed by atoms with Gasteiger partial charge in [0.15, 0.2) is 0 Å². The minimum Gasteiger partial charge on any atom is -0.491 e. The van der Waals surface area contributed by atoms with Gasteiger partial charge in [0.25, 0.3) is 5.91 Å². The molecule has 0 spiro atoms.